The minimum absolute atomic E-state index is 0.110. The molecule has 1 amide bonds. The summed E-state index contributed by atoms with van der Waals surface area (Å²) in [6.07, 6.45) is 1.22. The summed E-state index contributed by atoms with van der Waals surface area (Å²) >= 11 is 0. The fourth-order valence-corrected chi connectivity index (χ4v) is 4.15. The Morgan fingerprint density at radius 3 is 2.59 bits per heavy atom. The molecule has 0 saturated carbocycles. The zero-order valence-corrected chi connectivity index (χ0v) is 16.6. The van der Waals surface area contributed by atoms with E-state index < -0.39 is 16.1 Å². The quantitative estimate of drug-likeness (QED) is 0.537. The van der Waals surface area contributed by atoms with Crippen molar-refractivity contribution < 1.29 is 23.1 Å². The number of hydrogen-bond acceptors (Lipinski definition) is 6. The van der Waals surface area contributed by atoms with Crippen LogP contribution in [-0.2, 0) is 19.6 Å². The molecule has 1 heterocycles. The SMILES string of the molecule is CN(C)CC(=O)N[C@H]1CC[C@H](CCNS(=O)(=O)c2ccccc2)O[C@H]1CO. The number of aliphatic hydroxyl groups is 1. The standard InChI is InChI=1S/C18H29N3O5S/c1-21(2)12-18(23)20-16-9-8-14(26-17(16)13-22)10-11-19-27(24,25)15-6-4-3-5-7-15/h3-7,14,16-17,19,22H,8-13H2,1-2H3,(H,20,23)/t14-,16+,17+/m1/s1. The minimum atomic E-state index is -3.54. The normalized spacial score (nSPS) is 23.3. The van der Waals surface area contributed by atoms with Gasteiger partial charge in [-0.05, 0) is 45.5 Å². The van der Waals surface area contributed by atoms with E-state index in [1.54, 1.807) is 35.2 Å². The second-order valence-corrected chi connectivity index (χ2v) is 8.73. The van der Waals surface area contributed by atoms with E-state index in [9.17, 15) is 18.3 Å². The lowest BCUT2D eigenvalue weighted by Gasteiger charge is -2.36. The van der Waals surface area contributed by atoms with Crippen molar-refractivity contribution in [3.8, 4) is 0 Å². The number of sulfonamides is 1. The van der Waals surface area contributed by atoms with Crippen LogP contribution < -0.4 is 10.0 Å². The van der Waals surface area contributed by atoms with Crippen molar-refractivity contribution in [3.05, 3.63) is 30.3 Å². The number of benzene rings is 1. The van der Waals surface area contributed by atoms with Crippen LogP contribution >= 0.6 is 0 Å². The highest BCUT2D eigenvalue weighted by Crippen LogP contribution is 2.22. The van der Waals surface area contributed by atoms with Crippen molar-refractivity contribution in [1.82, 2.24) is 14.9 Å². The van der Waals surface area contributed by atoms with E-state index in [2.05, 4.69) is 10.0 Å². The first kappa shape index (κ1) is 21.8. The molecule has 152 valence electrons. The zero-order chi connectivity index (χ0) is 19.9. The Balaban J connectivity index is 1.80. The lowest BCUT2D eigenvalue weighted by molar-refractivity contribution is -0.128. The molecule has 0 radical (unpaired) electrons. The molecular weight excluding hydrogens is 370 g/mol. The molecule has 1 fully saturated rings. The molecule has 0 spiro atoms. The van der Waals surface area contributed by atoms with Gasteiger partial charge in [0.05, 0.1) is 30.2 Å². The van der Waals surface area contributed by atoms with Gasteiger partial charge in [-0.15, -0.1) is 0 Å². The predicted molar refractivity (Wildman–Crippen MR) is 102 cm³/mol. The van der Waals surface area contributed by atoms with Gasteiger partial charge in [-0.3, -0.25) is 4.79 Å². The van der Waals surface area contributed by atoms with Crippen molar-refractivity contribution in [2.75, 3.05) is 33.8 Å². The van der Waals surface area contributed by atoms with Crippen molar-refractivity contribution in [2.45, 2.75) is 42.4 Å². The average molecular weight is 400 g/mol. The van der Waals surface area contributed by atoms with Crippen molar-refractivity contribution in [2.24, 2.45) is 0 Å². The zero-order valence-electron chi connectivity index (χ0n) is 15.8. The molecule has 0 unspecified atom stereocenters. The molecule has 27 heavy (non-hydrogen) atoms. The highest BCUT2D eigenvalue weighted by molar-refractivity contribution is 7.89. The number of carbonyl (C=O) groups excluding carboxylic acids is 1. The Bertz CT molecular complexity index is 696. The second-order valence-electron chi connectivity index (χ2n) is 6.97. The maximum atomic E-state index is 12.2. The second kappa shape index (κ2) is 10.1. The van der Waals surface area contributed by atoms with Gasteiger partial charge in [-0.1, -0.05) is 18.2 Å². The third-order valence-corrected chi connectivity index (χ3v) is 5.89. The summed E-state index contributed by atoms with van der Waals surface area (Å²) in [6.45, 7) is 0.330. The van der Waals surface area contributed by atoms with Gasteiger partial charge in [0.25, 0.3) is 0 Å². The Kier molecular flexibility index (Phi) is 8.18. The summed E-state index contributed by atoms with van der Waals surface area (Å²) in [5.74, 6) is -0.110. The van der Waals surface area contributed by atoms with Crippen LogP contribution in [0.1, 0.15) is 19.3 Å². The Hall–Kier alpha value is -1.52. The smallest absolute Gasteiger partial charge is 0.240 e. The molecule has 1 aromatic rings. The number of amides is 1. The first-order valence-electron chi connectivity index (χ1n) is 9.07. The van der Waals surface area contributed by atoms with Crippen LogP contribution in [0, 0.1) is 0 Å². The number of carbonyl (C=O) groups is 1. The number of aliphatic hydroxyl groups excluding tert-OH is 1. The van der Waals surface area contributed by atoms with Gasteiger partial charge in [0.15, 0.2) is 0 Å². The largest absolute Gasteiger partial charge is 0.394 e. The predicted octanol–water partition coefficient (Wildman–Crippen LogP) is -0.0587. The van der Waals surface area contributed by atoms with E-state index in [4.69, 9.17) is 4.74 Å². The highest BCUT2D eigenvalue weighted by atomic mass is 32.2. The molecule has 0 bridgehead atoms. The molecule has 1 saturated heterocycles. The van der Waals surface area contributed by atoms with Crippen LogP contribution in [0.5, 0.6) is 0 Å². The molecule has 8 nitrogen and oxygen atoms in total. The van der Waals surface area contributed by atoms with Crippen molar-refractivity contribution in [3.63, 3.8) is 0 Å². The summed E-state index contributed by atoms with van der Waals surface area (Å²) in [4.78, 5) is 13.9. The van der Waals surface area contributed by atoms with Crippen LogP contribution in [0.2, 0.25) is 0 Å². The highest BCUT2D eigenvalue weighted by Gasteiger charge is 2.31. The van der Waals surface area contributed by atoms with Crippen molar-refractivity contribution in [1.29, 1.82) is 0 Å². The Morgan fingerprint density at radius 1 is 1.26 bits per heavy atom. The topological polar surface area (TPSA) is 108 Å². The Morgan fingerprint density at radius 2 is 1.96 bits per heavy atom. The summed E-state index contributed by atoms with van der Waals surface area (Å²) in [5.41, 5.74) is 0. The molecule has 2 rings (SSSR count). The third kappa shape index (κ3) is 6.86. The summed E-state index contributed by atoms with van der Waals surface area (Å²) in [6, 6.07) is 7.96. The molecule has 0 aliphatic carbocycles. The minimum Gasteiger partial charge on any atom is -0.394 e. The summed E-state index contributed by atoms with van der Waals surface area (Å²) in [5, 5.41) is 12.5. The first-order chi connectivity index (χ1) is 12.8. The monoisotopic (exact) mass is 399 g/mol. The summed E-state index contributed by atoms with van der Waals surface area (Å²) < 4.78 is 32.9. The van der Waals surface area contributed by atoms with E-state index >= 15 is 0 Å². The molecule has 1 aliphatic rings. The number of ether oxygens (including phenoxy) is 1. The summed E-state index contributed by atoms with van der Waals surface area (Å²) in [7, 11) is 0.0900. The van der Waals surface area contributed by atoms with E-state index in [0.717, 1.165) is 0 Å². The molecule has 0 aromatic heterocycles. The van der Waals surface area contributed by atoms with Crippen molar-refractivity contribution >= 4 is 15.9 Å². The maximum Gasteiger partial charge on any atom is 0.240 e. The van der Waals surface area contributed by atoms with E-state index in [-0.39, 0.29) is 42.6 Å². The molecule has 9 heteroatoms. The third-order valence-electron chi connectivity index (χ3n) is 4.41. The van der Waals surface area contributed by atoms with Crippen LogP contribution in [0.3, 0.4) is 0 Å². The molecule has 3 N–H and O–H groups in total. The van der Waals surface area contributed by atoms with E-state index in [1.807, 2.05) is 14.1 Å². The Labute approximate surface area is 160 Å². The molecule has 1 aromatic carbocycles. The number of nitrogens with one attached hydrogen (secondary N) is 2. The number of hydrogen-bond donors (Lipinski definition) is 3. The van der Waals surface area contributed by atoms with Gasteiger partial charge in [0.2, 0.25) is 15.9 Å². The van der Waals surface area contributed by atoms with Crippen LogP contribution in [-0.4, -0.2) is 76.4 Å². The average Bonchev–Trinajstić information content (AvgIpc) is 2.62. The number of nitrogens with zero attached hydrogens (tertiary/aromatic N) is 1. The number of likely N-dealkylation sites (N-methyl/N-ethyl adjacent to an activating group) is 1. The number of rotatable bonds is 9. The van der Waals surface area contributed by atoms with Crippen LogP contribution in [0.25, 0.3) is 0 Å². The van der Waals surface area contributed by atoms with E-state index in [0.29, 0.717) is 19.3 Å². The maximum absolute atomic E-state index is 12.2. The fourth-order valence-electron chi connectivity index (χ4n) is 3.09. The molecular formula is C18H29N3O5S. The van der Waals surface area contributed by atoms with Gasteiger partial charge < -0.3 is 20.1 Å². The van der Waals surface area contributed by atoms with E-state index in [1.165, 1.54) is 0 Å². The molecule has 1 aliphatic heterocycles. The lowest BCUT2D eigenvalue weighted by atomic mass is 9.97. The lowest BCUT2D eigenvalue weighted by Crippen LogP contribution is -2.52. The van der Waals surface area contributed by atoms with Crippen LogP contribution in [0.4, 0.5) is 0 Å². The molecule has 3 atom stereocenters. The van der Waals surface area contributed by atoms with Gasteiger partial charge in [-0.25, -0.2) is 13.1 Å². The fraction of sp³-hybridized carbons (Fsp3) is 0.611. The van der Waals surface area contributed by atoms with Gasteiger partial charge in [0.1, 0.15) is 6.10 Å². The van der Waals surface area contributed by atoms with Gasteiger partial charge in [-0.2, -0.15) is 0 Å². The van der Waals surface area contributed by atoms with Crippen LogP contribution in [0.15, 0.2) is 35.2 Å². The van der Waals surface area contributed by atoms with Gasteiger partial charge in [0, 0.05) is 6.54 Å². The first-order valence-corrected chi connectivity index (χ1v) is 10.5. The van der Waals surface area contributed by atoms with Gasteiger partial charge >= 0.3 is 0 Å².